The van der Waals surface area contributed by atoms with Crippen LogP contribution in [0.3, 0.4) is 0 Å². The largest absolute Gasteiger partial charge is 0.496 e. The van der Waals surface area contributed by atoms with Gasteiger partial charge in [-0.05, 0) is 57.9 Å². The van der Waals surface area contributed by atoms with Crippen molar-refractivity contribution in [3.8, 4) is 17.2 Å². The molecule has 0 aliphatic carbocycles. The molecule has 6 nitrogen and oxygen atoms in total. The quantitative estimate of drug-likeness (QED) is 0.421. The number of methoxy groups -OCH3 is 1. The van der Waals surface area contributed by atoms with Crippen LogP contribution in [0.2, 0.25) is 0 Å². The van der Waals surface area contributed by atoms with Crippen LogP contribution in [0.1, 0.15) is 21.5 Å². The van der Waals surface area contributed by atoms with Crippen LogP contribution in [-0.2, 0) is 6.54 Å². The second-order valence-corrected chi connectivity index (χ2v) is 7.11. The van der Waals surface area contributed by atoms with Crippen LogP contribution in [0.15, 0.2) is 59.3 Å². The van der Waals surface area contributed by atoms with Crippen LogP contribution in [0, 0.1) is 0 Å². The van der Waals surface area contributed by atoms with E-state index in [1.807, 2.05) is 29.1 Å². The van der Waals surface area contributed by atoms with Gasteiger partial charge in [0.15, 0.2) is 17.3 Å². The van der Waals surface area contributed by atoms with Gasteiger partial charge in [0.05, 0.1) is 24.3 Å². The van der Waals surface area contributed by atoms with E-state index < -0.39 is 0 Å². The molecule has 0 fully saturated rings. The summed E-state index contributed by atoms with van der Waals surface area (Å²) in [6.45, 7) is 0.747. The maximum absolute atomic E-state index is 12.5. The number of aromatic nitrogens is 2. The molecule has 0 spiro atoms. The molecular formula is C21H17BrN2O4. The summed E-state index contributed by atoms with van der Waals surface area (Å²) in [6, 6.07) is 11.0. The molecule has 7 heteroatoms. The minimum atomic E-state index is -0.105. The Balaban J connectivity index is 1.53. The predicted octanol–water partition coefficient (Wildman–Crippen LogP) is 4.33. The Kier molecular flexibility index (Phi) is 5.16. The third kappa shape index (κ3) is 3.94. The van der Waals surface area contributed by atoms with E-state index in [0.717, 1.165) is 21.3 Å². The van der Waals surface area contributed by atoms with Gasteiger partial charge < -0.3 is 14.2 Å². The molecule has 0 saturated carbocycles. The third-order valence-electron chi connectivity index (χ3n) is 4.32. The van der Waals surface area contributed by atoms with Crippen molar-refractivity contribution in [1.82, 2.24) is 9.78 Å². The maximum atomic E-state index is 12.5. The minimum absolute atomic E-state index is 0.105. The fourth-order valence-corrected chi connectivity index (χ4v) is 3.27. The van der Waals surface area contributed by atoms with Gasteiger partial charge in [0.2, 0.25) is 6.79 Å². The average Bonchev–Trinajstić information content (AvgIpc) is 3.34. The van der Waals surface area contributed by atoms with Gasteiger partial charge in [-0.1, -0.05) is 12.1 Å². The smallest absolute Gasteiger partial charge is 0.231 e. The highest BCUT2D eigenvalue weighted by atomic mass is 79.9. The third-order valence-corrected chi connectivity index (χ3v) is 4.73. The van der Waals surface area contributed by atoms with Gasteiger partial charge in [-0.3, -0.25) is 9.48 Å². The fourth-order valence-electron chi connectivity index (χ4n) is 2.94. The second-order valence-electron chi connectivity index (χ2n) is 6.19. The Bertz CT molecular complexity index is 1060. The summed E-state index contributed by atoms with van der Waals surface area (Å²) < 4.78 is 18.8. The number of allylic oxidation sites excluding steroid dienone is 1. The Labute approximate surface area is 170 Å². The van der Waals surface area contributed by atoms with Gasteiger partial charge in [-0.15, -0.1) is 0 Å². The molecule has 142 valence electrons. The summed E-state index contributed by atoms with van der Waals surface area (Å²) in [5, 5.41) is 4.28. The van der Waals surface area contributed by atoms with Crippen LogP contribution >= 0.6 is 15.9 Å². The van der Waals surface area contributed by atoms with E-state index in [9.17, 15) is 4.79 Å². The SMILES string of the molecule is COc1ccc(/C=C/C(=O)c2ccc3c(c2)OCO3)cc1Cn1cc(Br)cn1. The molecule has 1 aromatic heterocycles. The summed E-state index contributed by atoms with van der Waals surface area (Å²) in [5.41, 5.74) is 2.42. The van der Waals surface area contributed by atoms with Crippen LogP contribution in [0.25, 0.3) is 6.08 Å². The molecular weight excluding hydrogens is 424 g/mol. The topological polar surface area (TPSA) is 62.6 Å². The van der Waals surface area contributed by atoms with E-state index in [2.05, 4.69) is 21.0 Å². The van der Waals surface area contributed by atoms with Crippen molar-refractivity contribution >= 4 is 27.8 Å². The first-order valence-electron chi connectivity index (χ1n) is 8.59. The predicted molar refractivity (Wildman–Crippen MR) is 108 cm³/mol. The van der Waals surface area contributed by atoms with Gasteiger partial charge in [-0.2, -0.15) is 5.10 Å². The number of ether oxygens (including phenoxy) is 3. The number of carbonyl (C=O) groups is 1. The summed E-state index contributed by atoms with van der Waals surface area (Å²) >= 11 is 3.40. The molecule has 0 atom stereocenters. The summed E-state index contributed by atoms with van der Waals surface area (Å²) in [4.78, 5) is 12.5. The number of nitrogens with zero attached hydrogens (tertiary/aromatic N) is 2. The van der Waals surface area contributed by atoms with Gasteiger partial charge in [-0.25, -0.2) is 0 Å². The molecule has 28 heavy (non-hydrogen) atoms. The molecule has 0 bridgehead atoms. The average molecular weight is 441 g/mol. The minimum Gasteiger partial charge on any atom is -0.496 e. The fraction of sp³-hybridized carbons (Fsp3) is 0.143. The number of rotatable bonds is 6. The first-order valence-corrected chi connectivity index (χ1v) is 9.38. The molecule has 0 radical (unpaired) electrons. The Hall–Kier alpha value is -3.06. The zero-order valence-corrected chi connectivity index (χ0v) is 16.7. The second kappa shape index (κ2) is 7.90. The van der Waals surface area contributed by atoms with Crippen molar-refractivity contribution in [3.63, 3.8) is 0 Å². The van der Waals surface area contributed by atoms with E-state index in [1.54, 1.807) is 43.7 Å². The highest BCUT2D eigenvalue weighted by Crippen LogP contribution is 2.32. The molecule has 2 heterocycles. The molecule has 0 N–H and O–H groups in total. The van der Waals surface area contributed by atoms with Gasteiger partial charge in [0.1, 0.15) is 5.75 Å². The van der Waals surface area contributed by atoms with Crippen molar-refractivity contribution in [3.05, 3.63) is 76.0 Å². The van der Waals surface area contributed by atoms with Crippen LogP contribution in [-0.4, -0.2) is 29.5 Å². The highest BCUT2D eigenvalue weighted by Gasteiger charge is 2.15. The zero-order chi connectivity index (χ0) is 19.5. The highest BCUT2D eigenvalue weighted by molar-refractivity contribution is 9.10. The monoisotopic (exact) mass is 440 g/mol. The molecule has 0 saturated heterocycles. The summed E-state index contributed by atoms with van der Waals surface area (Å²) in [6.07, 6.45) is 6.97. The molecule has 3 aromatic rings. The lowest BCUT2D eigenvalue weighted by Gasteiger charge is -2.09. The lowest BCUT2D eigenvalue weighted by Crippen LogP contribution is -2.02. The number of fused-ring (bicyclic) bond motifs is 1. The van der Waals surface area contributed by atoms with Gasteiger partial charge in [0, 0.05) is 17.3 Å². The first-order chi connectivity index (χ1) is 13.6. The Morgan fingerprint density at radius 2 is 2.11 bits per heavy atom. The maximum Gasteiger partial charge on any atom is 0.231 e. The number of carbonyl (C=O) groups excluding carboxylic acids is 1. The molecule has 0 unspecified atom stereocenters. The van der Waals surface area contributed by atoms with Crippen molar-refractivity contribution in [2.24, 2.45) is 0 Å². The Morgan fingerprint density at radius 3 is 2.89 bits per heavy atom. The van der Waals surface area contributed by atoms with Crippen molar-refractivity contribution < 1.29 is 19.0 Å². The molecule has 1 aliphatic rings. The van der Waals surface area contributed by atoms with Crippen LogP contribution in [0.5, 0.6) is 17.2 Å². The summed E-state index contributed by atoms with van der Waals surface area (Å²) in [5.74, 6) is 1.92. The summed E-state index contributed by atoms with van der Waals surface area (Å²) in [7, 11) is 1.64. The van der Waals surface area contributed by atoms with Gasteiger partial charge >= 0.3 is 0 Å². The van der Waals surface area contributed by atoms with E-state index in [0.29, 0.717) is 23.6 Å². The lowest BCUT2D eigenvalue weighted by atomic mass is 10.1. The molecule has 2 aromatic carbocycles. The standard InChI is InChI=1S/C21H17BrN2O4/c1-26-19-6-3-14(8-16(19)11-24-12-17(22)10-23-24)2-5-18(25)15-4-7-20-21(9-15)28-13-27-20/h2-10,12H,11,13H2,1H3/b5-2+. The number of ketones is 1. The normalized spacial score (nSPS) is 12.5. The first kappa shape index (κ1) is 18.3. The zero-order valence-electron chi connectivity index (χ0n) is 15.1. The van der Waals surface area contributed by atoms with Crippen molar-refractivity contribution in [2.45, 2.75) is 6.54 Å². The van der Waals surface area contributed by atoms with E-state index in [-0.39, 0.29) is 12.6 Å². The number of hydrogen-bond donors (Lipinski definition) is 0. The van der Waals surface area contributed by atoms with E-state index in [1.165, 1.54) is 0 Å². The van der Waals surface area contributed by atoms with Crippen LogP contribution < -0.4 is 14.2 Å². The van der Waals surface area contributed by atoms with Crippen LogP contribution in [0.4, 0.5) is 0 Å². The van der Waals surface area contributed by atoms with E-state index in [4.69, 9.17) is 14.2 Å². The lowest BCUT2D eigenvalue weighted by molar-refractivity contribution is 0.104. The van der Waals surface area contributed by atoms with E-state index >= 15 is 0 Å². The number of benzene rings is 2. The molecule has 0 amide bonds. The molecule has 4 rings (SSSR count). The Morgan fingerprint density at radius 1 is 1.25 bits per heavy atom. The van der Waals surface area contributed by atoms with Crippen molar-refractivity contribution in [1.29, 1.82) is 0 Å². The van der Waals surface area contributed by atoms with Gasteiger partial charge in [0.25, 0.3) is 0 Å². The molecule has 1 aliphatic heterocycles. The van der Waals surface area contributed by atoms with Crippen molar-refractivity contribution in [2.75, 3.05) is 13.9 Å². The number of hydrogen-bond acceptors (Lipinski definition) is 5. The number of halogens is 1.